The number of aromatic nitrogens is 12. The largest absolute Gasteiger partial charge is 0.375 e. The minimum atomic E-state index is -0.260. The summed E-state index contributed by atoms with van der Waals surface area (Å²) in [5, 5.41) is 42.8. The Morgan fingerprint density at radius 2 is 0.827 bits per heavy atom. The molecule has 0 saturated carbocycles. The summed E-state index contributed by atoms with van der Waals surface area (Å²) in [6.07, 6.45) is 2.33. The summed E-state index contributed by atoms with van der Waals surface area (Å²) < 4.78 is 5.60. The maximum atomic E-state index is 12.6. The zero-order chi connectivity index (χ0) is 72.1. The molecule has 104 heavy (non-hydrogen) atoms. The molecule has 3 saturated heterocycles. The first-order valence-electron chi connectivity index (χ1n) is 33.1. The molecule has 3 aliphatic heterocycles. The monoisotopic (exact) mass is 1500 g/mol. The van der Waals surface area contributed by atoms with E-state index in [0.29, 0.717) is 82.7 Å². The lowest BCUT2D eigenvalue weighted by molar-refractivity contribution is -0.0172. The van der Waals surface area contributed by atoms with Gasteiger partial charge in [0.05, 0.1) is 16.2 Å². The van der Waals surface area contributed by atoms with E-state index in [1.54, 1.807) is 67.8 Å². The number of carbonyl (C=O) groups is 3. The highest BCUT2D eigenvalue weighted by atomic mass is 35.5. The van der Waals surface area contributed by atoms with Crippen LogP contribution in [0, 0.1) is 20.8 Å². The Bertz CT molecular complexity index is 5020. The van der Waals surface area contributed by atoms with Gasteiger partial charge in [-0.1, -0.05) is 59.6 Å². The van der Waals surface area contributed by atoms with Crippen LogP contribution < -0.4 is 46.6 Å². The molecule has 3 amide bonds. The van der Waals surface area contributed by atoms with Gasteiger partial charge in [0, 0.05) is 159 Å². The Morgan fingerprint density at radius 3 is 1.20 bits per heavy atom. The fraction of sp³-hybridized carbons (Fsp3) is 0.189. The minimum Gasteiger partial charge on any atom is -0.375 e. The van der Waals surface area contributed by atoms with Crippen LogP contribution in [-0.4, -0.2) is 130 Å². The third kappa shape index (κ3) is 19.2. The number of hydrogen-bond acceptors (Lipinski definition) is 22. The van der Waals surface area contributed by atoms with E-state index in [0.717, 1.165) is 106 Å². The third-order valence-electron chi connectivity index (χ3n) is 16.4. The van der Waals surface area contributed by atoms with Crippen molar-refractivity contribution in [3.05, 3.63) is 232 Å². The maximum absolute atomic E-state index is 12.6. The highest BCUT2D eigenvalue weighted by Gasteiger charge is 2.40. The zero-order valence-corrected chi connectivity index (χ0v) is 61.0. The average Bonchev–Trinajstić information content (AvgIpc) is 1.60. The van der Waals surface area contributed by atoms with Crippen LogP contribution in [0.2, 0.25) is 10.0 Å². The highest BCUT2D eigenvalue weighted by molar-refractivity contribution is 7.99. The van der Waals surface area contributed by atoms with Crippen LogP contribution in [0.4, 0.5) is 69.4 Å². The summed E-state index contributed by atoms with van der Waals surface area (Å²) in [5.41, 5.74) is 6.37. The number of amides is 3. The predicted molar refractivity (Wildman–Crippen MR) is 429 cm³/mol. The van der Waals surface area contributed by atoms with Gasteiger partial charge in [0.25, 0.3) is 17.7 Å². The number of ether oxygens (including phenoxy) is 1. The van der Waals surface area contributed by atoms with E-state index in [2.05, 4.69) is 94.1 Å². The number of halogens is 2. The first-order valence-corrected chi connectivity index (χ1v) is 36.3. The second kappa shape index (κ2) is 33.0. The summed E-state index contributed by atoms with van der Waals surface area (Å²) in [5.74, 6) is 6.15. The van der Waals surface area contributed by atoms with Crippen molar-refractivity contribution in [3.8, 4) is 0 Å². The Hall–Kier alpha value is -11.0. The topological polar surface area (TPSA) is 306 Å². The molecule has 0 bridgehead atoms. The summed E-state index contributed by atoms with van der Waals surface area (Å²) in [6, 6.07) is 57.3. The number of aromatic amines is 3. The summed E-state index contributed by atoms with van der Waals surface area (Å²) in [6.45, 7) is 13.4. The quantitative estimate of drug-likeness (QED) is 0.0285. The normalized spacial score (nSPS) is 13.3. The van der Waals surface area contributed by atoms with E-state index in [1.807, 2.05) is 148 Å². The Balaban J connectivity index is 0.000000290. The smallest absolute Gasteiger partial charge is 0.257 e. The highest BCUT2D eigenvalue weighted by Crippen LogP contribution is 2.37. The van der Waals surface area contributed by atoms with Gasteiger partial charge in [-0.3, -0.25) is 29.7 Å². The Labute approximate surface area is 634 Å². The molecule has 3 fully saturated rings. The standard InChI is InChI=1S/C26H26ClN7O2S.C24H22ClN7OS.C24H23N7OS.8H2/c1-16-12-22(33-32-16)29-21-13-23(34-14-26(2,15-34)36-3)31-25(30-21)37-18-10-8-17(9-11-18)28-24(35)19-6-4-5-7-20(19)27;1-15-12-21(31-30-15)27-20-14-22(32-10-3-11-32)29-24(28-20)34-19-8-6-18(7-9-19)26-23(33)16-4-2-5-17(25)13-16;1-16-14-21(30-29-16)26-20-15-22(31-12-5-13-31)28-24(27-20)33-19-10-8-18(9-11-19)25-23(32)17-6-3-2-4-7-17;;;;;;;;/h4-13H,14-15H2,1-3H3,(H,28,35)(H2,29,30,31,32,33);2,4-9,12-14H,3,10-11H2,1H3,(H,26,33)(H2,27,28,29,30,31);2-4,6-11,14-15H,5,12-13H2,1H3,(H,25,32)(H2,26,27,28,29,30);8*1H. The Morgan fingerprint density at radius 1 is 0.442 bits per heavy atom. The second-order valence-corrected chi connectivity index (χ2v) is 28.6. The Kier molecular flexibility index (Phi) is 22.6. The average molecular weight is 1500 g/mol. The van der Waals surface area contributed by atoms with Crippen LogP contribution in [0.25, 0.3) is 0 Å². The number of nitrogens with one attached hydrogen (secondary N) is 9. The van der Waals surface area contributed by atoms with Gasteiger partial charge in [0.2, 0.25) is 0 Å². The SMILES string of the molecule is COC1(C)CN(c2cc(Nc3cc(C)[nH]n3)nc(Sc3ccc(NC(=O)c4ccccc4Cl)cc3)n2)C1.Cc1cc(Nc2cc(N3CCC3)nc(Sc3ccc(NC(=O)c4cccc(Cl)c4)cc3)n2)n[nH]1.Cc1cc(Nc2cc(N3CCC3)nc(Sc3ccc(NC(=O)c4ccccc4)cc3)n2)n[nH]1.[HH].[HH].[HH].[HH].[HH].[HH].[HH].[HH]. The number of hydrogen-bond donors (Lipinski definition) is 9. The van der Waals surface area contributed by atoms with Gasteiger partial charge in [-0.05, 0) is 191 Å². The van der Waals surface area contributed by atoms with Crippen LogP contribution in [0.1, 0.15) is 79.3 Å². The fourth-order valence-electron chi connectivity index (χ4n) is 10.6. The van der Waals surface area contributed by atoms with Crippen LogP contribution in [0.3, 0.4) is 0 Å². The van der Waals surface area contributed by atoms with Crippen LogP contribution in [0.5, 0.6) is 0 Å². The second-order valence-electron chi connectivity index (χ2n) is 24.7. The number of methoxy groups -OCH3 is 1. The number of aryl methyl sites for hydroxylation is 3. The molecule has 0 radical (unpaired) electrons. The number of benzene rings is 6. The molecule has 9 N–H and O–H groups in total. The molecule has 544 valence electrons. The zero-order valence-electron chi connectivity index (χ0n) is 57.0. The van der Waals surface area contributed by atoms with E-state index in [1.165, 1.54) is 41.7 Å². The molecule has 3 aliphatic rings. The molecule has 25 nitrogen and oxygen atoms in total. The van der Waals surface area contributed by atoms with Gasteiger partial charge in [0.1, 0.15) is 34.9 Å². The van der Waals surface area contributed by atoms with Crippen LogP contribution in [0.15, 0.2) is 218 Å². The van der Waals surface area contributed by atoms with Gasteiger partial charge in [-0.25, -0.2) is 29.9 Å². The van der Waals surface area contributed by atoms with Gasteiger partial charge in [0.15, 0.2) is 32.9 Å². The third-order valence-corrected chi connectivity index (χ3v) is 19.6. The van der Waals surface area contributed by atoms with E-state index in [9.17, 15) is 14.4 Å². The van der Waals surface area contributed by atoms with Gasteiger partial charge < -0.3 is 51.3 Å². The van der Waals surface area contributed by atoms with Crippen molar-refractivity contribution in [1.82, 2.24) is 60.5 Å². The van der Waals surface area contributed by atoms with Crippen molar-refractivity contribution in [3.63, 3.8) is 0 Å². The van der Waals surface area contributed by atoms with Crippen LogP contribution >= 0.6 is 58.5 Å². The number of rotatable bonds is 22. The van der Waals surface area contributed by atoms with Crippen molar-refractivity contribution >= 4 is 146 Å². The van der Waals surface area contributed by atoms with Crippen molar-refractivity contribution in [1.29, 1.82) is 0 Å². The first-order chi connectivity index (χ1) is 50.4. The van der Waals surface area contributed by atoms with Crippen molar-refractivity contribution in [2.45, 2.75) is 76.3 Å². The lowest BCUT2D eigenvalue weighted by atomic mass is 9.97. The van der Waals surface area contributed by atoms with Crippen molar-refractivity contribution < 1.29 is 30.5 Å². The molecular formula is C74H87Cl2N21O4S3. The number of nitrogens with zero attached hydrogens (tertiary/aromatic N) is 12. The molecule has 12 aromatic rings. The van der Waals surface area contributed by atoms with Crippen molar-refractivity contribution in [2.75, 3.05) is 93.0 Å². The first kappa shape index (κ1) is 71.4. The fourth-order valence-corrected chi connectivity index (χ4v) is 13.4. The molecule has 15 rings (SSSR count). The van der Waals surface area contributed by atoms with Crippen LogP contribution in [-0.2, 0) is 4.74 Å². The molecular weight excluding hydrogens is 1410 g/mol. The lowest BCUT2D eigenvalue weighted by Gasteiger charge is -2.47. The number of anilines is 12. The molecule has 6 aromatic heterocycles. The lowest BCUT2D eigenvalue weighted by Crippen LogP contribution is -2.61. The molecule has 9 heterocycles. The summed E-state index contributed by atoms with van der Waals surface area (Å²) in [7, 11) is 1.73. The predicted octanol–water partition coefficient (Wildman–Crippen LogP) is 17.9. The van der Waals surface area contributed by atoms with Gasteiger partial charge >= 0.3 is 0 Å². The summed E-state index contributed by atoms with van der Waals surface area (Å²) in [4.78, 5) is 75.2. The number of carbonyl (C=O) groups excluding carboxylic acids is 3. The van der Waals surface area contributed by atoms with E-state index in [4.69, 9.17) is 47.9 Å². The van der Waals surface area contributed by atoms with Gasteiger partial charge in [-0.2, -0.15) is 15.3 Å². The van der Waals surface area contributed by atoms with Gasteiger partial charge in [-0.15, -0.1) is 0 Å². The van der Waals surface area contributed by atoms with E-state index in [-0.39, 0.29) is 34.7 Å². The van der Waals surface area contributed by atoms with Crippen molar-refractivity contribution in [2.24, 2.45) is 0 Å². The number of H-pyrrole nitrogens is 3. The molecule has 30 heteroatoms. The maximum Gasteiger partial charge on any atom is 0.257 e. The minimum absolute atomic E-state index is 0. The van der Waals surface area contributed by atoms with E-state index >= 15 is 0 Å². The molecule has 0 spiro atoms. The molecule has 0 unspecified atom stereocenters. The molecule has 6 aromatic carbocycles. The molecule has 0 atom stereocenters. The summed E-state index contributed by atoms with van der Waals surface area (Å²) >= 11 is 16.5. The van der Waals surface area contributed by atoms with E-state index < -0.39 is 0 Å². The molecule has 0 aliphatic carbocycles.